The van der Waals surface area contributed by atoms with E-state index < -0.39 is 35.9 Å². The van der Waals surface area contributed by atoms with E-state index in [0.29, 0.717) is 23.0 Å². The van der Waals surface area contributed by atoms with E-state index >= 15 is 0 Å². The molecule has 0 spiro atoms. The molecule has 0 N–H and O–H groups in total. The summed E-state index contributed by atoms with van der Waals surface area (Å²) in [4.78, 5) is 48.7. The van der Waals surface area contributed by atoms with Crippen molar-refractivity contribution in [2.24, 2.45) is 17.8 Å². The summed E-state index contributed by atoms with van der Waals surface area (Å²) in [5, 5.41) is 0. The lowest BCUT2D eigenvalue weighted by Crippen LogP contribution is -2.38. The maximum absolute atomic E-state index is 12.4. The summed E-state index contributed by atoms with van der Waals surface area (Å²) in [6, 6.07) is 0. The largest absolute Gasteiger partial charge is 0.461 e. The highest BCUT2D eigenvalue weighted by Crippen LogP contribution is 2.48. The van der Waals surface area contributed by atoms with Gasteiger partial charge in [-0.3, -0.25) is 14.4 Å². The van der Waals surface area contributed by atoms with E-state index in [1.165, 1.54) is 6.08 Å². The standard InChI is InChI=1S/C20H22O6/c1-5-9(2)19(23)25-14-7-12(8-21)17-13(22)6-10(3)15(17)18-16(14)11(4)20(24)26-18/h5-6,8,11,14-16,18H,7H2,1-4H3/t11-,14-,15+,16-,18-/m1/s1. The first-order valence-electron chi connectivity index (χ1n) is 8.75. The average molecular weight is 358 g/mol. The number of ether oxygens (including phenoxy) is 2. The molecule has 1 saturated heterocycles. The Morgan fingerprint density at radius 1 is 1.35 bits per heavy atom. The van der Waals surface area contributed by atoms with Crippen molar-refractivity contribution in [1.82, 2.24) is 0 Å². The third kappa shape index (κ3) is 2.73. The molecule has 5 atom stereocenters. The summed E-state index contributed by atoms with van der Waals surface area (Å²) in [6.07, 6.45) is 2.57. The Labute approximate surface area is 151 Å². The van der Waals surface area contributed by atoms with Crippen LogP contribution in [0.15, 0.2) is 34.4 Å². The van der Waals surface area contributed by atoms with Gasteiger partial charge in [0, 0.05) is 35.0 Å². The van der Waals surface area contributed by atoms with Gasteiger partial charge in [-0.2, -0.15) is 0 Å². The average Bonchev–Trinajstić information content (AvgIpc) is 3.00. The van der Waals surface area contributed by atoms with Gasteiger partial charge in [0.25, 0.3) is 0 Å². The van der Waals surface area contributed by atoms with Crippen molar-refractivity contribution in [3.63, 3.8) is 0 Å². The van der Waals surface area contributed by atoms with Gasteiger partial charge in [0.2, 0.25) is 0 Å². The lowest BCUT2D eigenvalue weighted by molar-refractivity contribution is -0.149. The van der Waals surface area contributed by atoms with Crippen LogP contribution >= 0.6 is 0 Å². The van der Waals surface area contributed by atoms with Crippen LogP contribution in [-0.4, -0.2) is 36.2 Å². The van der Waals surface area contributed by atoms with Crippen LogP contribution in [0.4, 0.5) is 0 Å². The minimum absolute atomic E-state index is 0.104. The van der Waals surface area contributed by atoms with Crippen molar-refractivity contribution in [1.29, 1.82) is 0 Å². The van der Waals surface area contributed by atoms with Crippen molar-refractivity contribution in [2.75, 3.05) is 0 Å². The Kier molecular flexibility index (Phi) is 4.69. The summed E-state index contributed by atoms with van der Waals surface area (Å²) in [7, 11) is 0. The van der Waals surface area contributed by atoms with Crippen LogP contribution < -0.4 is 0 Å². The van der Waals surface area contributed by atoms with E-state index in [-0.39, 0.29) is 18.2 Å². The van der Waals surface area contributed by atoms with Gasteiger partial charge < -0.3 is 9.47 Å². The highest BCUT2D eigenvalue weighted by molar-refractivity contribution is 6.11. The second kappa shape index (κ2) is 6.67. The number of aldehydes is 1. The summed E-state index contributed by atoms with van der Waals surface area (Å²) >= 11 is 0. The third-order valence-electron chi connectivity index (χ3n) is 5.69. The molecule has 6 nitrogen and oxygen atoms in total. The van der Waals surface area contributed by atoms with Crippen LogP contribution in [0.25, 0.3) is 0 Å². The molecule has 3 rings (SSSR count). The van der Waals surface area contributed by atoms with Crippen molar-refractivity contribution in [3.05, 3.63) is 34.4 Å². The molecule has 0 bridgehead atoms. The number of carbonyl (C=O) groups excluding carboxylic acids is 4. The molecule has 0 saturated carbocycles. The Morgan fingerprint density at radius 2 is 2.04 bits per heavy atom. The van der Waals surface area contributed by atoms with Crippen molar-refractivity contribution >= 4 is 24.0 Å². The fourth-order valence-electron chi connectivity index (χ4n) is 4.16. The van der Waals surface area contributed by atoms with Gasteiger partial charge in [0.15, 0.2) is 5.78 Å². The lowest BCUT2D eigenvalue weighted by atomic mass is 9.79. The third-order valence-corrected chi connectivity index (χ3v) is 5.69. The van der Waals surface area contributed by atoms with Gasteiger partial charge in [-0.25, -0.2) is 4.79 Å². The molecular formula is C20H22O6. The number of allylic oxidation sites excluding steroid dienone is 2. The van der Waals surface area contributed by atoms with Crippen LogP contribution in [-0.2, 0) is 28.7 Å². The molecule has 6 heteroatoms. The Hall–Kier alpha value is -2.50. The van der Waals surface area contributed by atoms with Crippen molar-refractivity contribution < 1.29 is 28.7 Å². The van der Waals surface area contributed by atoms with Gasteiger partial charge >= 0.3 is 11.9 Å². The molecule has 1 fully saturated rings. The van der Waals surface area contributed by atoms with E-state index in [1.54, 1.807) is 33.8 Å². The van der Waals surface area contributed by atoms with E-state index in [9.17, 15) is 19.2 Å². The van der Waals surface area contributed by atoms with Crippen LogP contribution in [0.2, 0.25) is 0 Å². The quantitative estimate of drug-likeness (QED) is 0.436. The van der Waals surface area contributed by atoms with E-state index in [2.05, 4.69) is 0 Å². The van der Waals surface area contributed by atoms with Crippen LogP contribution in [0.3, 0.4) is 0 Å². The molecule has 138 valence electrons. The van der Waals surface area contributed by atoms with Gasteiger partial charge in [-0.15, -0.1) is 0 Å². The Bertz CT molecular complexity index is 784. The van der Waals surface area contributed by atoms with Gasteiger partial charge in [-0.1, -0.05) is 18.6 Å². The first-order chi connectivity index (χ1) is 12.3. The molecule has 26 heavy (non-hydrogen) atoms. The highest BCUT2D eigenvalue weighted by atomic mass is 16.6. The van der Waals surface area contributed by atoms with Gasteiger partial charge in [0.05, 0.1) is 5.92 Å². The highest BCUT2D eigenvalue weighted by Gasteiger charge is 2.55. The van der Waals surface area contributed by atoms with E-state index in [1.807, 2.05) is 0 Å². The first kappa shape index (κ1) is 18.3. The fraction of sp³-hybridized carbons (Fsp3) is 0.500. The number of hydrogen-bond acceptors (Lipinski definition) is 6. The number of fused-ring (bicyclic) bond motifs is 3. The van der Waals surface area contributed by atoms with Crippen LogP contribution in [0.1, 0.15) is 34.1 Å². The summed E-state index contributed by atoms with van der Waals surface area (Å²) < 4.78 is 11.3. The SMILES string of the molecule is CC=C(C)C(=O)O[C@@H]1CC(C=O)=C2C(=O)C=C(C)[C@@H]2[C@H]2OC(=O)[C@H](C)[C@@H]21. The van der Waals surface area contributed by atoms with Gasteiger partial charge in [-0.05, 0) is 26.8 Å². The number of ketones is 1. The summed E-state index contributed by atoms with van der Waals surface area (Å²) in [5.41, 5.74) is 1.89. The van der Waals surface area contributed by atoms with Crippen LogP contribution in [0.5, 0.6) is 0 Å². The smallest absolute Gasteiger partial charge is 0.333 e. The number of hydrogen-bond donors (Lipinski definition) is 0. The second-order valence-corrected chi connectivity index (χ2v) is 7.17. The molecule has 0 amide bonds. The molecule has 2 aliphatic carbocycles. The Morgan fingerprint density at radius 3 is 2.65 bits per heavy atom. The molecular weight excluding hydrogens is 336 g/mol. The van der Waals surface area contributed by atoms with Crippen molar-refractivity contribution in [2.45, 2.75) is 46.3 Å². The second-order valence-electron chi connectivity index (χ2n) is 7.17. The maximum atomic E-state index is 12.4. The fourth-order valence-corrected chi connectivity index (χ4v) is 4.16. The summed E-state index contributed by atoms with van der Waals surface area (Å²) in [5.74, 6) is -2.45. The first-order valence-corrected chi connectivity index (χ1v) is 8.75. The molecule has 0 aromatic heterocycles. The normalized spacial score (nSPS) is 33.9. The lowest BCUT2D eigenvalue weighted by Gasteiger charge is -2.29. The van der Waals surface area contributed by atoms with Crippen LogP contribution in [0, 0.1) is 17.8 Å². The Balaban J connectivity index is 2.07. The van der Waals surface area contributed by atoms with Crippen molar-refractivity contribution in [3.8, 4) is 0 Å². The predicted octanol–water partition coefficient (Wildman–Crippen LogP) is 2.09. The minimum Gasteiger partial charge on any atom is -0.461 e. The molecule has 1 aliphatic heterocycles. The monoisotopic (exact) mass is 358 g/mol. The zero-order chi connectivity index (χ0) is 19.2. The predicted molar refractivity (Wildman–Crippen MR) is 91.8 cm³/mol. The maximum Gasteiger partial charge on any atom is 0.333 e. The minimum atomic E-state index is -0.706. The van der Waals surface area contributed by atoms with Gasteiger partial charge in [0.1, 0.15) is 18.5 Å². The topological polar surface area (TPSA) is 86.7 Å². The molecule has 0 radical (unpaired) electrons. The zero-order valence-corrected chi connectivity index (χ0v) is 15.3. The van der Waals surface area contributed by atoms with E-state index in [4.69, 9.17) is 9.47 Å². The molecule has 3 aliphatic rings. The van der Waals surface area contributed by atoms with E-state index in [0.717, 1.165) is 5.57 Å². The molecule has 0 unspecified atom stereocenters. The number of carbonyl (C=O) groups is 4. The molecule has 1 heterocycles. The zero-order valence-electron chi connectivity index (χ0n) is 15.3. The molecule has 0 aromatic rings. The summed E-state index contributed by atoms with van der Waals surface area (Å²) in [6.45, 7) is 6.90. The molecule has 0 aromatic carbocycles. The number of esters is 2. The number of rotatable bonds is 3.